The van der Waals surface area contributed by atoms with E-state index in [2.05, 4.69) is 23.8 Å². The molecule has 1 atom stereocenters. The second-order valence-corrected chi connectivity index (χ2v) is 7.52. The molecule has 1 unspecified atom stereocenters. The van der Waals surface area contributed by atoms with Gasteiger partial charge < -0.3 is 15.5 Å². The fourth-order valence-corrected chi connectivity index (χ4v) is 3.39. The average Bonchev–Trinajstić information content (AvgIpc) is 3.18. The Bertz CT molecular complexity index is 1060. The summed E-state index contributed by atoms with van der Waals surface area (Å²) >= 11 is 0. The van der Waals surface area contributed by atoms with Crippen LogP contribution in [-0.4, -0.2) is 19.5 Å². The van der Waals surface area contributed by atoms with E-state index >= 15 is 0 Å². The van der Waals surface area contributed by atoms with E-state index in [4.69, 9.17) is 0 Å². The Kier molecular flexibility index (Phi) is 6.72. The van der Waals surface area contributed by atoms with Crippen LogP contribution in [0.4, 0.5) is 23.2 Å². The van der Waals surface area contributed by atoms with Gasteiger partial charge in [0.1, 0.15) is 5.82 Å². The zero-order valence-electron chi connectivity index (χ0n) is 17.5. The number of halogens is 4. The summed E-state index contributed by atoms with van der Waals surface area (Å²) in [5, 5.41) is 5.76. The van der Waals surface area contributed by atoms with Crippen LogP contribution in [0, 0.1) is 11.7 Å². The van der Waals surface area contributed by atoms with E-state index in [1.807, 2.05) is 0 Å². The molecule has 1 amide bonds. The summed E-state index contributed by atoms with van der Waals surface area (Å²) in [5.74, 6) is -0.604. The fraction of sp³-hybridized carbons (Fsp3) is 0.208. The number of alkyl halides is 3. The Hall–Kier alpha value is -3.55. The van der Waals surface area contributed by atoms with Crippen molar-refractivity contribution in [2.45, 2.75) is 12.6 Å². The van der Waals surface area contributed by atoms with E-state index in [1.165, 1.54) is 30.3 Å². The Morgan fingerprint density at radius 2 is 1.88 bits per heavy atom. The smallest absolute Gasteiger partial charge is 0.360 e. The summed E-state index contributed by atoms with van der Waals surface area (Å²) in [6.45, 7) is 8.36. The SMILES string of the molecule is C=C(/C=C(/c1cccc(C(F)(F)F)c1)N(C)c1ccc(F)cc1)NC(=C)C1CNC(=O)C1. The van der Waals surface area contributed by atoms with E-state index in [0.717, 1.165) is 12.1 Å². The Labute approximate surface area is 183 Å². The largest absolute Gasteiger partial charge is 0.416 e. The van der Waals surface area contributed by atoms with Crippen molar-refractivity contribution in [1.82, 2.24) is 10.6 Å². The van der Waals surface area contributed by atoms with Gasteiger partial charge >= 0.3 is 6.18 Å². The molecule has 4 nitrogen and oxygen atoms in total. The lowest BCUT2D eigenvalue weighted by Crippen LogP contribution is -2.22. The first-order valence-corrected chi connectivity index (χ1v) is 9.84. The standard InChI is InChI=1S/C24H23F4N3O/c1-15(30-16(2)18-13-23(32)29-14-18)11-22(31(3)21-9-7-20(25)8-10-21)17-5-4-6-19(12-17)24(26,27)28/h4-12,18,30H,1-2,13-14H2,3H3,(H,29,32)/b22-11-. The van der Waals surface area contributed by atoms with Crippen molar-refractivity contribution in [2.24, 2.45) is 5.92 Å². The molecule has 1 aliphatic rings. The van der Waals surface area contributed by atoms with Crippen LogP contribution >= 0.6 is 0 Å². The van der Waals surface area contributed by atoms with Crippen molar-refractivity contribution in [3.05, 3.63) is 96.1 Å². The van der Waals surface area contributed by atoms with Crippen molar-refractivity contribution in [1.29, 1.82) is 0 Å². The first kappa shape index (κ1) is 23.1. The number of anilines is 1. The van der Waals surface area contributed by atoms with Gasteiger partial charge in [0.05, 0.1) is 11.3 Å². The number of allylic oxidation sites excluding steroid dienone is 1. The quantitative estimate of drug-likeness (QED) is 0.462. The molecule has 0 saturated carbocycles. The van der Waals surface area contributed by atoms with E-state index in [1.54, 1.807) is 24.1 Å². The third kappa shape index (κ3) is 5.57. The van der Waals surface area contributed by atoms with E-state index in [9.17, 15) is 22.4 Å². The predicted molar refractivity (Wildman–Crippen MR) is 117 cm³/mol. The molecule has 2 N–H and O–H groups in total. The third-order valence-corrected chi connectivity index (χ3v) is 5.16. The molecule has 2 aromatic carbocycles. The van der Waals surface area contributed by atoms with Crippen molar-refractivity contribution < 1.29 is 22.4 Å². The summed E-state index contributed by atoms with van der Waals surface area (Å²) in [6.07, 6.45) is -2.60. The number of nitrogens with zero attached hydrogens (tertiary/aromatic N) is 1. The molecule has 2 aromatic rings. The van der Waals surface area contributed by atoms with Gasteiger partial charge in [-0.25, -0.2) is 4.39 Å². The maximum absolute atomic E-state index is 13.4. The molecular weight excluding hydrogens is 422 g/mol. The lowest BCUT2D eigenvalue weighted by molar-refractivity contribution is -0.137. The molecular formula is C24H23F4N3O. The summed E-state index contributed by atoms with van der Waals surface area (Å²) < 4.78 is 53.2. The lowest BCUT2D eigenvalue weighted by Gasteiger charge is -2.25. The van der Waals surface area contributed by atoms with Crippen molar-refractivity contribution in [2.75, 3.05) is 18.5 Å². The van der Waals surface area contributed by atoms with Gasteiger partial charge in [0.15, 0.2) is 0 Å². The van der Waals surface area contributed by atoms with Gasteiger partial charge in [-0.05, 0) is 48.0 Å². The molecule has 1 saturated heterocycles. The minimum absolute atomic E-state index is 0.0696. The lowest BCUT2D eigenvalue weighted by atomic mass is 10.0. The number of rotatable bonds is 7. The van der Waals surface area contributed by atoms with Crippen LogP contribution in [0.3, 0.4) is 0 Å². The molecule has 1 aliphatic heterocycles. The number of nitrogens with one attached hydrogen (secondary N) is 2. The van der Waals surface area contributed by atoms with E-state index in [-0.39, 0.29) is 11.8 Å². The zero-order valence-corrected chi connectivity index (χ0v) is 17.5. The second-order valence-electron chi connectivity index (χ2n) is 7.52. The Morgan fingerprint density at radius 3 is 2.47 bits per heavy atom. The van der Waals surface area contributed by atoms with Gasteiger partial charge in [0, 0.05) is 43.0 Å². The number of amides is 1. The normalized spacial score (nSPS) is 16.5. The summed E-state index contributed by atoms with van der Waals surface area (Å²) in [5.41, 5.74) is 1.47. The van der Waals surface area contributed by atoms with Crippen LogP contribution < -0.4 is 15.5 Å². The van der Waals surface area contributed by atoms with Gasteiger partial charge in [-0.3, -0.25) is 4.79 Å². The fourth-order valence-electron chi connectivity index (χ4n) is 3.39. The predicted octanol–water partition coefficient (Wildman–Crippen LogP) is 5.07. The molecule has 1 fully saturated rings. The summed E-state index contributed by atoms with van der Waals surface area (Å²) in [6, 6.07) is 10.5. The van der Waals surface area contributed by atoms with Gasteiger partial charge in [-0.2, -0.15) is 13.2 Å². The molecule has 168 valence electrons. The van der Waals surface area contributed by atoms with Crippen LogP contribution in [0.25, 0.3) is 5.70 Å². The number of benzene rings is 2. The second kappa shape index (κ2) is 9.30. The van der Waals surface area contributed by atoms with E-state index in [0.29, 0.717) is 41.3 Å². The highest BCUT2D eigenvalue weighted by molar-refractivity contribution is 5.81. The molecule has 8 heteroatoms. The van der Waals surface area contributed by atoms with Gasteiger partial charge in [0.2, 0.25) is 5.91 Å². The van der Waals surface area contributed by atoms with Gasteiger partial charge in [-0.1, -0.05) is 25.3 Å². The molecule has 0 spiro atoms. The zero-order chi connectivity index (χ0) is 23.5. The molecule has 1 heterocycles. The summed E-state index contributed by atoms with van der Waals surface area (Å²) in [7, 11) is 1.67. The van der Waals surface area contributed by atoms with Crippen molar-refractivity contribution in [3.8, 4) is 0 Å². The number of carbonyl (C=O) groups excluding carboxylic acids is 1. The van der Waals surface area contributed by atoms with Gasteiger partial charge in [-0.15, -0.1) is 0 Å². The number of hydrogen-bond acceptors (Lipinski definition) is 3. The van der Waals surface area contributed by atoms with Crippen LogP contribution in [0.2, 0.25) is 0 Å². The molecule has 3 rings (SSSR count). The van der Waals surface area contributed by atoms with Crippen LogP contribution in [0.1, 0.15) is 17.5 Å². The molecule has 0 bridgehead atoms. The van der Waals surface area contributed by atoms with Crippen LogP contribution in [-0.2, 0) is 11.0 Å². The highest BCUT2D eigenvalue weighted by atomic mass is 19.4. The number of hydrogen-bond donors (Lipinski definition) is 2. The maximum atomic E-state index is 13.4. The summed E-state index contributed by atoms with van der Waals surface area (Å²) in [4.78, 5) is 13.1. The Morgan fingerprint density at radius 1 is 1.19 bits per heavy atom. The van der Waals surface area contributed by atoms with E-state index < -0.39 is 17.6 Å². The Balaban J connectivity index is 1.94. The first-order valence-electron chi connectivity index (χ1n) is 9.84. The maximum Gasteiger partial charge on any atom is 0.416 e. The molecule has 32 heavy (non-hydrogen) atoms. The van der Waals surface area contributed by atoms with Gasteiger partial charge in [0.25, 0.3) is 0 Å². The minimum atomic E-state index is -4.50. The van der Waals surface area contributed by atoms with Crippen LogP contribution in [0.15, 0.2) is 79.2 Å². The highest BCUT2D eigenvalue weighted by Gasteiger charge is 2.31. The topological polar surface area (TPSA) is 44.4 Å². The van der Waals surface area contributed by atoms with Crippen LogP contribution in [0.5, 0.6) is 0 Å². The molecule has 0 aromatic heterocycles. The van der Waals surface area contributed by atoms with Crippen molar-refractivity contribution >= 4 is 17.3 Å². The number of carbonyl (C=O) groups is 1. The third-order valence-electron chi connectivity index (χ3n) is 5.16. The minimum Gasteiger partial charge on any atom is -0.360 e. The van der Waals surface area contributed by atoms with Crippen molar-refractivity contribution in [3.63, 3.8) is 0 Å². The molecule has 0 radical (unpaired) electrons. The molecule has 0 aliphatic carbocycles. The highest BCUT2D eigenvalue weighted by Crippen LogP contribution is 2.33. The first-order chi connectivity index (χ1) is 15.0. The average molecular weight is 445 g/mol. The monoisotopic (exact) mass is 445 g/mol.